The quantitative estimate of drug-likeness (QED) is 0.777. The smallest absolute Gasteiger partial charge is 0.204 e. The average Bonchev–Trinajstić information content (AvgIpc) is 2.71. The van der Waals surface area contributed by atoms with Crippen LogP contribution < -0.4 is 4.90 Å². The van der Waals surface area contributed by atoms with E-state index in [1.54, 1.807) is 6.33 Å². The summed E-state index contributed by atoms with van der Waals surface area (Å²) in [6.45, 7) is 4.48. The van der Waals surface area contributed by atoms with Gasteiger partial charge in [0.15, 0.2) is 0 Å². The number of aromatic nitrogens is 2. The van der Waals surface area contributed by atoms with Gasteiger partial charge in [-0.1, -0.05) is 22.9 Å². The van der Waals surface area contributed by atoms with Crippen LogP contribution >= 0.6 is 27.5 Å². The molecule has 0 N–H and O–H groups in total. The van der Waals surface area contributed by atoms with E-state index in [-0.39, 0.29) is 0 Å². The van der Waals surface area contributed by atoms with Gasteiger partial charge >= 0.3 is 0 Å². The van der Waals surface area contributed by atoms with E-state index < -0.39 is 0 Å². The molecule has 0 radical (unpaired) electrons. The Hall–Kier alpha value is -0.160. The zero-order valence-electron chi connectivity index (χ0n) is 8.19. The summed E-state index contributed by atoms with van der Waals surface area (Å²) in [5.41, 5.74) is 0. The Kier molecular flexibility index (Phi) is 3.38. The van der Waals surface area contributed by atoms with Gasteiger partial charge < -0.3 is 4.90 Å². The van der Waals surface area contributed by atoms with Crippen LogP contribution in [0.4, 0.5) is 5.13 Å². The molecule has 1 aliphatic heterocycles. The second-order valence-corrected chi connectivity index (χ2v) is 5.93. The number of anilines is 1. The molecule has 1 saturated heterocycles. The summed E-state index contributed by atoms with van der Waals surface area (Å²) in [4.78, 5) is 7.21. The van der Waals surface area contributed by atoms with E-state index in [9.17, 15) is 0 Å². The third-order valence-electron chi connectivity index (χ3n) is 2.81. The first-order valence-electron chi connectivity index (χ1n) is 4.93. The van der Waals surface area contributed by atoms with Crippen LogP contribution in [0.5, 0.6) is 0 Å². The van der Waals surface area contributed by atoms with Crippen LogP contribution in [0.2, 0.25) is 0 Å². The van der Waals surface area contributed by atoms with Crippen molar-refractivity contribution in [2.45, 2.75) is 24.6 Å². The molecule has 2 rings (SSSR count). The summed E-state index contributed by atoms with van der Waals surface area (Å²) in [7, 11) is 0. The summed E-state index contributed by atoms with van der Waals surface area (Å²) in [5.74, 6) is 0.819. The fourth-order valence-corrected chi connectivity index (χ4v) is 2.97. The van der Waals surface area contributed by atoms with Gasteiger partial charge in [0.25, 0.3) is 0 Å². The number of nitrogens with zero attached hydrogens (tertiary/aromatic N) is 3. The van der Waals surface area contributed by atoms with Gasteiger partial charge in [-0.05, 0) is 18.8 Å². The lowest BCUT2D eigenvalue weighted by Gasteiger charge is -2.32. The van der Waals surface area contributed by atoms with Gasteiger partial charge in [0.1, 0.15) is 6.33 Å². The maximum absolute atomic E-state index is 4.23. The van der Waals surface area contributed by atoms with Crippen molar-refractivity contribution in [3.8, 4) is 0 Å². The largest absolute Gasteiger partial charge is 0.347 e. The Morgan fingerprint density at radius 3 is 2.79 bits per heavy atom. The third kappa shape index (κ3) is 2.25. The topological polar surface area (TPSA) is 29.0 Å². The average molecular weight is 276 g/mol. The molecule has 0 aromatic carbocycles. The van der Waals surface area contributed by atoms with Gasteiger partial charge in [0.05, 0.1) is 0 Å². The van der Waals surface area contributed by atoms with Crippen molar-refractivity contribution in [2.75, 3.05) is 18.0 Å². The number of hydrogen-bond acceptors (Lipinski definition) is 4. The molecule has 0 aliphatic carbocycles. The minimum Gasteiger partial charge on any atom is -0.347 e. The Balaban J connectivity index is 1.90. The van der Waals surface area contributed by atoms with Gasteiger partial charge in [0, 0.05) is 29.4 Å². The van der Waals surface area contributed by atoms with Crippen LogP contribution in [0.15, 0.2) is 6.33 Å². The number of halogens is 1. The van der Waals surface area contributed by atoms with Gasteiger partial charge in [-0.25, -0.2) is 4.98 Å². The first-order chi connectivity index (χ1) is 6.77. The van der Waals surface area contributed by atoms with Crippen molar-refractivity contribution in [3.05, 3.63) is 6.33 Å². The maximum atomic E-state index is 4.23. The van der Waals surface area contributed by atoms with Gasteiger partial charge in [-0.3, -0.25) is 0 Å². The molecule has 1 aliphatic rings. The summed E-state index contributed by atoms with van der Waals surface area (Å²) in [6.07, 6.45) is 4.15. The first-order valence-corrected chi connectivity index (χ1v) is 6.62. The molecular formula is C9H14BrN3S. The lowest BCUT2D eigenvalue weighted by Crippen LogP contribution is -2.35. The predicted octanol–water partition coefficient (Wildman–Crippen LogP) is 2.54. The second kappa shape index (κ2) is 4.57. The van der Waals surface area contributed by atoms with E-state index in [2.05, 4.69) is 37.1 Å². The van der Waals surface area contributed by atoms with E-state index in [1.807, 2.05) is 0 Å². The van der Waals surface area contributed by atoms with E-state index in [4.69, 9.17) is 0 Å². The number of rotatable bonds is 2. The molecule has 1 unspecified atom stereocenters. The summed E-state index contributed by atoms with van der Waals surface area (Å²) in [6, 6.07) is 0. The predicted molar refractivity (Wildman–Crippen MR) is 63.2 cm³/mol. The highest BCUT2D eigenvalue weighted by atomic mass is 79.9. The second-order valence-electron chi connectivity index (χ2n) is 3.73. The van der Waals surface area contributed by atoms with Crippen LogP contribution in [-0.2, 0) is 0 Å². The molecule has 5 heteroatoms. The molecular weight excluding hydrogens is 262 g/mol. The lowest BCUT2D eigenvalue weighted by atomic mass is 9.95. The highest BCUT2D eigenvalue weighted by Gasteiger charge is 2.23. The zero-order valence-corrected chi connectivity index (χ0v) is 10.6. The minimum absolute atomic E-state index is 0.638. The monoisotopic (exact) mass is 275 g/mol. The molecule has 78 valence electrons. The SMILES string of the molecule is CC(Br)C1CCN(c2ncns2)CC1. The van der Waals surface area contributed by atoms with Crippen molar-refractivity contribution in [1.29, 1.82) is 0 Å². The van der Waals surface area contributed by atoms with Gasteiger partial charge in [-0.15, -0.1) is 0 Å². The molecule has 14 heavy (non-hydrogen) atoms. The van der Waals surface area contributed by atoms with Crippen LogP contribution in [0.3, 0.4) is 0 Å². The van der Waals surface area contributed by atoms with Crippen molar-refractivity contribution >= 4 is 32.6 Å². The van der Waals surface area contributed by atoms with Crippen LogP contribution in [0.1, 0.15) is 19.8 Å². The molecule has 2 heterocycles. The molecule has 1 aromatic rings. The van der Waals surface area contributed by atoms with Gasteiger partial charge in [-0.2, -0.15) is 4.37 Å². The summed E-state index contributed by atoms with van der Waals surface area (Å²) >= 11 is 5.15. The molecule has 0 saturated carbocycles. The van der Waals surface area contributed by atoms with Crippen molar-refractivity contribution in [3.63, 3.8) is 0 Å². The molecule has 3 nitrogen and oxygen atoms in total. The normalized spacial score (nSPS) is 21.1. The first kappa shape index (κ1) is 10.4. The number of alkyl halides is 1. The lowest BCUT2D eigenvalue weighted by molar-refractivity contribution is 0.407. The molecule has 1 atom stereocenters. The van der Waals surface area contributed by atoms with Crippen molar-refractivity contribution < 1.29 is 0 Å². The fraction of sp³-hybridized carbons (Fsp3) is 0.778. The Morgan fingerprint density at radius 2 is 2.29 bits per heavy atom. The van der Waals surface area contributed by atoms with Crippen LogP contribution in [-0.4, -0.2) is 27.3 Å². The molecule has 0 spiro atoms. The van der Waals surface area contributed by atoms with E-state index in [1.165, 1.54) is 24.4 Å². The number of piperidine rings is 1. The van der Waals surface area contributed by atoms with Crippen molar-refractivity contribution in [2.24, 2.45) is 5.92 Å². The highest BCUT2D eigenvalue weighted by molar-refractivity contribution is 9.09. The Labute approximate surface area is 96.8 Å². The van der Waals surface area contributed by atoms with E-state index in [0.29, 0.717) is 4.83 Å². The summed E-state index contributed by atoms with van der Waals surface area (Å²) < 4.78 is 4.03. The Bertz CT molecular complexity index is 268. The van der Waals surface area contributed by atoms with Crippen molar-refractivity contribution in [1.82, 2.24) is 9.36 Å². The zero-order chi connectivity index (χ0) is 9.97. The van der Waals surface area contributed by atoms with Crippen LogP contribution in [0, 0.1) is 5.92 Å². The van der Waals surface area contributed by atoms with Crippen LogP contribution in [0.25, 0.3) is 0 Å². The third-order valence-corrected chi connectivity index (χ3v) is 4.28. The molecule has 1 fully saturated rings. The Morgan fingerprint density at radius 1 is 1.57 bits per heavy atom. The number of hydrogen-bond donors (Lipinski definition) is 0. The molecule has 0 amide bonds. The van der Waals surface area contributed by atoms with E-state index >= 15 is 0 Å². The highest BCUT2D eigenvalue weighted by Crippen LogP contribution is 2.28. The van der Waals surface area contributed by atoms with E-state index in [0.717, 1.165) is 24.1 Å². The fourth-order valence-electron chi connectivity index (χ4n) is 1.86. The maximum Gasteiger partial charge on any atom is 0.204 e. The summed E-state index contributed by atoms with van der Waals surface area (Å²) in [5, 5.41) is 1.07. The standard InChI is InChI=1S/C9H14BrN3S/c1-7(10)8-2-4-13(5-3-8)9-11-6-12-14-9/h6-8H,2-5H2,1H3. The van der Waals surface area contributed by atoms with Gasteiger partial charge in [0.2, 0.25) is 5.13 Å². The minimum atomic E-state index is 0.638. The molecule has 0 bridgehead atoms. The molecule has 1 aromatic heterocycles.